The lowest BCUT2D eigenvalue weighted by Gasteiger charge is -2.21. The Morgan fingerprint density at radius 3 is 2.57 bits per heavy atom. The molecule has 0 saturated heterocycles. The first kappa shape index (κ1) is 13.2. The molecule has 0 aliphatic carbocycles. The average molecular weight is 198 g/mol. The predicted molar refractivity (Wildman–Crippen MR) is 59.9 cm³/mol. The van der Waals surface area contributed by atoms with Crippen molar-refractivity contribution in [3.05, 3.63) is 12.2 Å². The van der Waals surface area contributed by atoms with Crippen molar-refractivity contribution in [2.45, 2.75) is 26.7 Å². The Labute approximate surface area is 87.0 Å². The van der Waals surface area contributed by atoms with Gasteiger partial charge in [-0.3, -0.25) is 4.79 Å². The first-order chi connectivity index (χ1) is 6.49. The molecular formula is C11H22N2O. The highest BCUT2D eigenvalue weighted by Gasteiger charge is 2.16. The molecule has 0 spiro atoms. The quantitative estimate of drug-likeness (QED) is 0.656. The summed E-state index contributed by atoms with van der Waals surface area (Å²) in [6.07, 6.45) is 1.78. The molecule has 3 nitrogen and oxygen atoms in total. The van der Waals surface area contributed by atoms with E-state index in [-0.39, 0.29) is 11.8 Å². The number of hydrogen-bond acceptors (Lipinski definition) is 2. The Bertz CT molecular complexity index is 201. The molecule has 14 heavy (non-hydrogen) atoms. The van der Waals surface area contributed by atoms with Gasteiger partial charge in [0.2, 0.25) is 5.91 Å². The van der Waals surface area contributed by atoms with E-state index in [2.05, 4.69) is 6.58 Å². The van der Waals surface area contributed by atoms with Crippen molar-refractivity contribution in [3.63, 3.8) is 0 Å². The zero-order chi connectivity index (χ0) is 11.1. The lowest BCUT2D eigenvalue weighted by molar-refractivity contribution is -0.133. The smallest absolute Gasteiger partial charge is 0.225 e. The van der Waals surface area contributed by atoms with E-state index in [9.17, 15) is 4.79 Å². The number of nitrogens with zero attached hydrogens (tertiary/aromatic N) is 1. The van der Waals surface area contributed by atoms with Gasteiger partial charge in [-0.25, -0.2) is 0 Å². The second-order valence-electron chi connectivity index (χ2n) is 3.98. The molecule has 1 amide bonds. The maximum Gasteiger partial charge on any atom is 0.225 e. The molecule has 1 atom stereocenters. The number of rotatable bonds is 6. The molecule has 0 fully saturated rings. The van der Waals surface area contributed by atoms with E-state index >= 15 is 0 Å². The van der Waals surface area contributed by atoms with Gasteiger partial charge >= 0.3 is 0 Å². The highest BCUT2D eigenvalue weighted by molar-refractivity contribution is 5.78. The van der Waals surface area contributed by atoms with Crippen molar-refractivity contribution in [2.75, 3.05) is 20.1 Å². The molecule has 0 radical (unpaired) electrons. The molecule has 0 saturated carbocycles. The van der Waals surface area contributed by atoms with Gasteiger partial charge in [0.05, 0.1) is 0 Å². The topological polar surface area (TPSA) is 46.3 Å². The van der Waals surface area contributed by atoms with Crippen molar-refractivity contribution in [3.8, 4) is 0 Å². The molecule has 0 rings (SSSR count). The molecule has 0 aromatic rings. The van der Waals surface area contributed by atoms with Crippen molar-refractivity contribution in [1.82, 2.24) is 4.90 Å². The molecule has 0 heterocycles. The number of hydrogen-bond donors (Lipinski definition) is 1. The Morgan fingerprint density at radius 2 is 2.14 bits per heavy atom. The Kier molecular flexibility index (Phi) is 6.21. The number of likely N-dealkylation sites (N-methyl/N-ethyl adjacent to an activating group) is 1. The van der Waals surface area contributed by atoms with Crippen molar-refractivity contribution >= 4 is 5.91 Å². The van der Waals surface area contributed by atoms with Crippen LogP contribution in [0.1, 0.15) is 26.7 Å². The molecule has 0 aliphatic heterocycles. The SMILES string of the molecule is C=C(C)CN(C)C(=O)C(C)CCCN. The summed E-state index contributed by atoms with van der Waals surface area (Å²) in [5, 5.41) is 0. The van der Waals surface area contributed by atoms with Crippen LogP contribution >= 0.6 is 0 Å². The number of nitrogens with two attached hydrogens (primary N) is 1. The second-order valence-corrected chi connectivity index (χ2v) is 3.98. The van der Waals surface area contributed by atoms with Gasteiger partial charge in [-0.05, 0) is 26.3 Å². The van der Waals surface area contributed by atoms with E-state index in [1.807, 2.05) is 20.9 Å². The summed E-state index contributed by atoms with van der Waals surface area (Å²) in [6, 6.07) is 0. The maximum absolute atomic E-state index is 11.7. The van der Waals surface area contributed by atoms with Gasteiger partial charge in [0, 0.05) is 19.5 Å². The van der Waals surface area contributed by atoms with E-state index in [4.69, 9.17) is 5.73 Å². The van der Waals surface area contributed by atoms with Crippen LogP contribution in [0.2, 0.25) is 0 Å². The van der Waals surface area contributed by atoms with Crippen LogP contribution in [0.3, 0.4) is 0 Å². The zero-order valence-electron chi connectivity index (χ0n) is 9.55. The molecular weight excluding hydrogens is 176 g/mol. The Hall–Kier alpha value is -0.830. The first-order valence-corrected chi connectivity index (χ1v) is 5.08. The molecule has 0 aromatic heterocycles. The molecule has 3 heteroatoms. The summed E-state index contributed by atoms with van der Waals surface area (Å²) in [5.41, 5.74) is 6.40. The van der Waals surface area contributed by atoms with Crippen LogP contribution in [0.5, 0.6) is 0 Å². The minimum atomic E-state index is 0.0721. The average Bonchev–Trinajstić information content (AvgIpc) is 2.11. The molecule has 2 N–H and O–H groups in total. The molecule has 0 bridgehead atoms. The highest BCUT2D eigenvalue weighted by Crippen LogP contribution is 2.09. The summed E-state index contributed by atoms with van der Waals surface area (Å²) in [6.45, 7) is 8.96. The fraction of sp³-hybridized carbons (Fsp3) is 0.727. The molecule has 82 valence electrons. The third kappa shape index (κ3) is 5.02. The fourth-order valence-corrected chi connectivity index (χ4v) is 1.41. The van der Waals surface area contributed by atoms with Crippen LogP contribution < -0.4 is 5.73 Å². The van der Waals surface area contributed by atoms with Gasteiger partial charge < -0.3 is 10.6 Å². The minimum Gasteiger partial charge on any atom is -0.342 e. The summed E-state index contributed by atoms with van der Waals surface area (Å²) in [5.74, 6) is 0.254. The monoisotopic (exact) mass is 198 g/mol. The minimum absolute atomic E-state index is 0.0721. The van der Waals surface area contributed by atoms with E-state index < -0.39 is 0 Å². The Balaban J connectivity index is 3.97. The van der Waals surface area contributed by atoms with Gasteiger partial charge in [0.25, 0.3) is 0 Å². The normalized spacial score (nSPS) is 12.3. The number of amides is 1. The summed E-state index contributed by atoms with van der Waals surface area (Å²) in [7, 11) is 1.82. The molecule has 0 aromatic carbocycles. The van der Waals surface area contributed by atoms with Gasteiger partial charge in [0.15, 0.2) is 0 Å². The summed E-state index contributed by atoms with van der Waals surface area (Å²) in [4.78, 5) is 13.5. The summed E-state index contributed by atoms with van der Waals surface area (Å²) < 4.78 is 0. The standard InChI is InChI=1S/C11H22N2O/c1-9(2)8-13(4)11(14)10(3)6-5-7-12/h10H,1,5-8,12H2,2-4H3. The lowest BCUT2D eigenvalue weighted by atomic mass is 10.0. The largest absolute Gasteiger partial charge is 0.342 e. The maximum atomic E-state index is 11.7. The van der Waals surface area contributed by atoms with Crippen LogP contribution in [0.15, 0.2) is 12.2 Å². The number of carbonyl (C=O) groups excluding carboxylic acids is 1. The molecule has 0 aliphatic rings. The van der Waals surface area contributed by atoms with Gasteiger partial charge in [-0.2, -0.15) is 0 Å². The Morgan fingerprint density at radius 1 is 1.57 bits per heavy atom. The first-order valence-electron chi connectivity index (χ1n) is 5.08. The van der Waals surface area contributed by atoms with Gasteiger partial charge in [0.1, 0.15) is 0 Å². The van der Waals surface area contributed by atoms with Gasteiger partial charge in [-0.1, -0.05) is 19.1 Å². The van der Waals surface area contributed by atoms with E-state index in [0.717, 1.165) is 18.4 Å². The second kappa shape index (κ2) is 6.60. The third-order valence-electron chi connectivity index (χ3n) is 2.15. The molecule has 1 unspecified atom stereocenters. The third-order valence-corrected chi connectivity index (χ3v) is 2.15. The highest BCUT2D eigenvalue weighted by atomic mass is 16.2. The van der Waals surface area contributed by atoms with E-state index in [1.54, 1.807) is 4.90 Å². The number of carbonyl (C=O) groups is 1. The van der Waals surface area contributed by atoms with E-state index in [0.29, 0.717) is 13.1 Å². The zero-order valence-corrected chi connectivity index (χ0v) is 9.55. The van der Waals surface area contributed by atoms with Crippen molar-refractivity contribution in [2.24, 2.45) is 11.7 Å². The van der Waals surface area contributed by atoms with Crippen LogP contribution in [0.4, 0.5) is 0 Å². The lowest BCUT2D eigenvalue weighted by Crippen LogP contribution is -2.33. The van der Waals surface area contributed by atoms with E-state index in [1.165, 1.54) is 0 Å². The summed E-state index contributed by atoms with van der Waals surface area (Å²) >= 11 is 0. The van der Waals surface area contributed by atoms with Crippen LogP contribution in [0, 0.1) is 5.92 Å². The van der Waals surface area contributed by atoms with Crippen molar-refractivity contribution in [1.29, 1.82) is 0 Å². The van der Waals surface area contributed by atoms with Crippen LogP contribution in [-0.2, 0) is 4.79 Å². The van der Waals surface area contributed by atoms with Crippen LogP contribution in [-0.4, -0.2) is 30.9 Å². The van der Waals surface area contributed by atoms with Crippen LogP contribution in [0.25, 0.3) is 0 Å². The fourth-order valence-electron chi connectivity index (χ4n) is 1.41. The van der Waals surface area contributed by atoms with Crippen molar-refractivity contribution < 1.29 is 4.79 Å². The van der Waals surface area contributed by atoms with Gasteiger partial charge in [-0.15, -0.1) is 0 Å². The predicted octanol–water partition coefficient (Wildman–Crippen LogP) is 1.40.